The van der Waals surface area contributed by atoms with Crippen molar-refractivity contribution < 1.29 is 28.8 Å². The number of nitrogens with zero attached hydrogens (tertiary/aromatic N) is 4. The van der Waals surface area contributed by atoms with Crippen LogP contribution in [0.15, 0.2) is 54.9 Å². The van der Waals surface area contributed by atoms with E-state index in [4.69, 9.17) is 18.9 Å². The Hall–Kier alpha value is -3.60. The largest absolute Gasteiger partial charge is 0.493 e. The summed E-state index contributed by atoms with van der Waals surface area (Å²) in [6, 6.07) is 13.6. The Kier molecular flexibility index (Phi) is 10.6. The van der Waals surface area contributed by atoms with Crippen LogP contribution < -0.4 is 14.2 Å². The van der Waals surface area contributed by atoms with Gasteiger partial charge in [0.25, 0.3) is 0 Å². The Bertz CT molecular complexity index is 1260. The maximum atomic E-state index is 12.7. The van der Waals surface area contributed by atoms with Crippen LogP contribution in [-0.4, -0.2) is 96.4 Å². The maximum Gasteiger partial charge on any atom is 0.248 e. The molecule has 2 aromatic carbocycles. The van der Waals surface area contributed by atoms with Crippen molar-refractivity contribution in [3.63, 3.8) is 0 Å². The number of carbonyl (C=O) groups excluding carboxylic acids is 1. The van der Waals surface area contributed by atoms with Crippen molar-refractivity contribution >= 4 is 5.91 Å². The van der Waals surface area contributed by atoms with Crippen LogP contribution in [0.3, 0.4) is 0 Å². The molecule has 0 unspecified atom stereocenters. The van der Waals surface area contributed by atoms with Gasteiger partial charge in [-0.3, -0.25) is 14.4 Å². The van der Waals surface area contributed by atoms with Gasteiger partial charge in [0.1, 0.15) is 24.6 Å². The van der Waals surface area contributed by atoms with Gasteiger partial charge in [-0.25, -0.2) is 0 Å². The van der Waals surface area contributed by atoms with Crippen LogP contribution in [0.4, 0.5) is 0 Å². The van der Waals surface area contributed by atoms with E-state index in [1.807, 2.05) is 73.4 Å². The average molecular weight is 567 g/mol. The Labute approximate surface area is 242 Å². The minimum atomic E-state index is -1.27. The Morgan fingerprint density at radius 1 is 1.00 bits per heavy atom. The fraction of sp³-hybridized carbons (Fsp3) is 0.484. The van der Waals surface area contributed by atoms with Gasteiger partial charge >= 0.3 is 0 Å². The number of methoxy groups -OCH3 is 2. The minimum absolute atomic E-state index is 0.0326. The van der Waals surface area contributed by atoms with Gasteiger partial charge in [-0.15, -0.1) is 0 Å². The molecule has 1 aliphatic heterocycles. The van der Waals surface area contributed by atoms with Crippen molar-refractivity contribution in [2.45, 2.75) is 39.0 Å². The molecule has 0 radical (unpaired) electrons. The predicted octanol–water partition coefficient (Wildman–Crippen LogP) is 3.08. The second kappa shape index (κ2) is 14.3. The van der Waals surface area contributed by atoms with E-state index in [-0.39, 0.29) is 25.7 Å². The third kappa shape index (κ3) is 8.94. The lowest BCUT2D eigenvalue weighted by Crippen LogP contribution is -2.52. The van der Waals surface area contributed by atoms with Crippen molar-refractivity contribution in [3.05, 3.63) is 71.5 Å². The second-order valence-electron chi connectivity index (χ2n) is 10.8. The number of carbonyl (C=O) groups is 1. The lowest BCUT2D eigenvalue weighted by molar-refractivity contribution is -0.138. The monoisotopic (exact) mass is 566 g/mol. The number of β-amino-alcohol motifs (C(OH)–C–C–N with tert-alkyl or cyclic N) is 1. The van der Waals surface area contributed by atoms with Gasteiger partial charge in [-0.05, 0) is 49.2 Å². The van der Waals surface area contributed by atoms with Crippen molar-refractivity contribution in [2.75, 3.05) is 60.2 Å². The number of ether oxygens (including phenoxy) is 4. The fourth-order valence-corrected chi connectivity index (χ4v) is 4.93. The van der Waals surface area contributed by atoms with Crippen LogP contribution in [0.1, 0.15) is 23.1 Å². The first-order valence-electron chi connectivity index (χ1n) is 14.0. The summed E-state index contributed by atoms with van der Waals surface area (Å²) in [5.74, 6) is 1.86. The number of amides is 1. The number of aliphatic hydroxyl groups is 1. The zero-order valence-electron chi connectivity index (χ0n) is 24.5. The topological polar surface area (TPSA) is 98.5 Å². The SMILES string of the molecule is COCC(=O)N1CCN(Cc2ccc(OCCCn3cc(C)cn3)c(OC)c2)C[C@](O)(COc2ccc(C)cc2)C1. The minimum Gasteiger partial charge on any atom is -0.493 e. The molecule has 41 heavy (non-hydrogen) atoms. The first-order valence-corrected chi connectivity index (χ1v) is 14.0. The highest BCUT2D eigenvalue weighted by molar-refractivity contribution is 5.77. The molecule has 1 saturated heterocycles. The van der Waals surface area contributed by atoms with E-state index in [9.17, 15) is 9.90 Å². The highest BCUT2D eigenvalue weighted by Crippen LogP contribution is 2.29. The lowest BCUT2D eigenvalue weighted by atomic mass is 10.0. The van der Waals surface area contributed by atoms with Gasteiger partial charge in [0.05, 0.1) is 26.5 Å². The van der Waals surface area contributed by atoms with E-state index >= 15 is 0 Å². The average Bonchev–Trinajstić information content (AvgIpc) is 3.30. The molecule has 2 heterocycles. The molecule has 0 spiro atoms. The van der Waals surface area contributed by atoms with E-state index in [0.717, 1.165) is 29.7 Å². The number of aryl methyl sites for hydroxylation is 3. The predicted molar refractivity (Wildman–Crippen MR) is 155 cm³/mol. The van der Waals surface area contributed by atoms with Crippen LogP contribution >= 0.6 is 0 Å². The van der Waals surface area contributed by atoms with Gasteiger partial charge in [0, 0.05) is 52.5 Å². The molecular formula is C31H42N4O6. The van der Waals surface area contributed by atoms with Crippen LogP contribution in [-0.2, 0) is 22.6 Å². The summed E-state index contributed by atoms with van der Waals surface area (Å²) in [4.78, 5) is 16.5. The first kappa shape index (κ1) is 30.4. The van der Waals surface area contributed by atoms with E-state index in [2.05, 4.69) is 10.00 Å². The molecule has 222 valence electrons. The molecular weight excluding hydrogens is 524 g/mol. The number of hydrogen-bond donors (Lipinski definition) is 1. The molecule has 1 fully saturated rings. The van der Waals surface area contributed by atoms with Gasteiger partial charge < -0.3 is 29.0 Å². The second-order valence-corrected chi connectivity index (χ2v) is 10.8. The number of rotatable bonds is 13. The summed E-state index contributed by atoms with van der Waals surface area (Å²) < 4.78 is 24.6. The smallest absolute Gasteiger partial charge is 0.248 e. The number of benzene rings is 2. The van der Waals surface area contributed by atoms with Gasteiger partial charge in [0.2, 0.25) is 5.91 Å². The zero-order valence-corrected chi connectivity index (χ0v) is 24.5. The maximum absolute atomic E-state index is 12.7. The normalized spacial score (nSPS) is 17.7. The van der Waals surface area contributed by atoms with E-state index in [0.29, 0.717) is 50.0 Å². The quantitative estimate of drug-likeness (QED) is 0.315. The Morgan fingerprint density at radius 3 is 2.51 bits per heavy atom. The Balaban J connectivity index is 1.40. The molecule has 10 heteroatoms. The molecule has 1 N–H and O–H groups in total. The molecule has 0 aliphatic carbocycles. The van der Waals surface area contributed by atoms with Gasteiger partial charge in [0.15, 0.2) is 11.5 Å². The first-order chi connectivity index (χ1) is 19.8. The molecule has 3 aromatic rings. The summed E-state index contributed by atoms with van der Waals surface area (Å²) in [6.45, 7) is 7.50. The molecule has 10 nitrogen and oxygen atoms in total. The van der Waals surface area contributed by atoms with E-state index in [1.165, 1.54) is 7.11 Å². The van der Waals surface area contributed by atoms with Gasteiger partial charge in [-0.1, -0.05) is 23.8 Å². The van der Waals surface area contributed by atoms with Crippen molar-refractivity contribution in [1.82, 2.24) is 19.6 Å². The summed E-state index contributed by atoms with van der Waals surface area (Å²) in [5.41, 5.74) is 2.01. The van der Waals surface area contributed by atoms with Crippen LogP contribution in [0.5, 0.6) is 17.2 Å². The lowest BCUT2D eigenvalue weighted by Gasteiger charge is -2.33. The van der Waals surface area contributed by atoms with Crippen molar-refractivity contribution in [1.29, 1.82) is 0 Å². The molecule has 1 atom stereocenters. The summed E-state index contributed by atoms with van der Waals surface area (Å²) in [7, 11) is 3.13. The zero-order chi connectivity index (χ0) is 29.2. The number of aromatic nitrogens is 2. The van der Waals surface area contributed by atoms with Crippen LogP contribution in [0.25, 0.3) is 0 Å². The summed E-state index contributed by atoms with van der Waals surface area (Å²) in [5, 5.41) is 16.0. The van der Waals surface area contributed by atoms with E-state index < -0.39 is 5.60 Å². The highest BCUT2D eigenvalue weighted by atomic mass is 16.5. The number of hydrogen-bond acceptors (Lipinski definition) is 8. The fourth-order valence-electron chi connectivity index (χ4n) is 4.93. The highest BCUT2D eigenvalue weighted by Gasteiger charge is 2.37. The third-order valence-corrected chi connectivity index (χ3v) is 7.02. The van der Waals surface area contributed by atoms with Crippen molar-refractivity contribution in [2.24, 2.45) is 0 Å². The third-order valence-electron chi connectivity index (χ3n) is 7.02. The van der Waals surface area contributed by atoms with E-state index in [1.54, 1.807) is 12.0 Å². The van der Waals surface area contributed by atoms with Crippen molar-refractivity contribution in [3.8, 4) is 17.2 Å². The van der Waals surface area contributed by atoms with Gasteiger partial charge in [-0.2, -0.15) is 5.10 Å². The summed E-state index contributed by atoms with van der Waals surface area (Å²) in [6.07, 6.45) is 4.68. The molecule has 4 rings (SSSR count). The Morgan fingerprint density at radius 2 is 1.80 bits per heavy atom. The molecule has 1 amide bonds. The molecule has 1 aliphatic rings. The molecule has 0 bridgehead atoms. The van der Waals surface area contributed by atoms with Crippen LogP contribution in [0, 0.1) is 13.8 Å². The molecule has 0 saturated carbocycles. The summed E-state index contributed by atoms with van der Waals surface area (Å²) >= 11 is 0. The molecule has 1 aromatic heterocycles. The van der Waals surface area contributed by atoms with Crippen LogP contribution in [0.2, 0.25) is 0 Å². The standard InChI is InChI=1S/C31H42N4O6/c1-24-6-9-27(10-7-24)41-23-31(37)21-33(13-14-34(22-31)30(36)20-38-3)19-26-8-11-28(29(16-26)39-4)40-15-5-12-35-18-25(2)17-32-35/h6-11,16-18,37H,5,12-15,19-23H2,1-4H3/t31-/m1/s1.